The van der Waals surface area contributed by atoms with E-state index in [1.165, 1.54) is 0 Å². The number of likely N-dealkylation sites (tertiary alicyclic amines) is 2. The summed E-state index contributed by atoms with van der Waals surface area (Å²) in [7, 11) is 0. The third kappa shape index (κ3) is 7.58. The van der Waals surface area contributed by atoms with Crippen molar-refractivity contribution in [1.29, 1.82) is 0 Å². The van der Waals surface area contributed by atoms with E-state index in [1.54, 1.807) is 16.7 Å². The molecule has 0 radical (unpaired) electrons. The number of aromatic nitrogens is 4. The maximum absolute atomic E-state index is 13.1. The summed E-state index contributed by atoms with van der Waals surface area (Å²) >= 11 is 1.61. The van der Waals surface area contributed by atoms with Crippen LogP contribution in [0.15, 0.2) is 60.8 Å². The molecule has 0 bridgehead atoms. The van der Waals surface area contributed by atoms with Crippen molar-refractivity contribution in [1.82, 2.24) is 29.7 Å². The van der Waals surface area contributed by atoms with Gasteiger partial charge >= 0.3 is 6.09 Å². The summed E-state index contributed by atoms with van der Waals surface area (Å²) in [5.41, 5.74) is 5.29. The predicted molar refractivity (Wildman–Crippen MR) is 194 cm³/mol. The maximum atomic E-state index is 13.1. The molecule has 4 aromatic rings. The Bertz CT molecular complexity index is 1910. The van der Waals surface area contributed by atoms with E-state index in [0.717, 1.165) is 63.5 Å². The number of ether oxygens (including phenoxy) is 2. The number of hydrogen-bond acceptors (Lipinski definition) is 8. The van der Waals surface area contributed by atoms with Crippen LogP contribution in [0.25, 0.3) is 22.3 Å². The van der Waals surface area contributed by atoms with Crippen LogP contribution in [-0.2, 0) is 14.3 Å². The zero-order chi connectivity index (χ0) is 35.1. The largest absolute Gasteiger partial charge is 0.444 e. The first-order chi connectivity index (χ1) is 23.1. The van der Waals surface area contributed by atoms with E-state index in [0.29, 0.717) is 19.5 Å². The molecule has 2 aromatic carbocycles. The predicted octanol–water partition coefficient (Wildman–Crippen LogP) is 7.29. The van der Waals surface area contributed by atoms with Crippen molar-refractivity contribution in [2.45, 2.75) is 89.3 Å². The quantitative estimate of drug-likeness (QED) is 0.110. The van der Waals surface area contributed by atoms with Crippen molar-refractivity contribution in [3.05, 3.63) is 83.6 Å². The highest BCUT2D eigenvalue weighted by molar-refractivity contribution is 7.99. The second kappa shape index (κ2) is 13.3. The standard InChI is InChI=1S/C38H46N6O4S/c1-24-20-31(43(23-24)34(45)47-36(2,3)4)32-40-28-17-14-26(21-29(28)41-32)11-10-25-12-15-27(16-13-25)30-22-39-33(42-30)38(49-8)18-9-19-44(38)35(46)48-37(5,6)7/h12-17,21-22,31,34,45H,1,9,18-20,23H2,2-8H3,(H,39,42)(H,40,41). The van der Waals surface area contributed by atoms with Crippen molar-refractivity contribution in [3.8, 4) is 23.1 Å². The number of thioether (sulfide) groups is 1. The molecule has 3 atom stereocenters. The van der Waals surface area contributed by atoms with Crippen LogP contribution in [0.4, 0.5) is 4.79 Å². The van der Waals surface area contributed by atoms with Gasteiger partial charge < -0.3 is 24.5 Å². The number of amides is 1. The number of rotatable bonds is 6. The molecular formula is C38H46N6O4S. The lowest BCUT2D eigenvalue weighted by molar-refractivity contribution is -0.242. The van der Waals surface area contributed by atoms with Gasteiger partial charge in [-0.3, -0.25) is 4.90 Å². The van der Waals surface area contributed by atoms with Gasteiger partial charge in [0.05, 0.1) is 34.6 Å². The monoisotopic (exact) mass is 682 g/mol. The number of carbonyl (C=O) groups excluding carboxylic acids is 1. The number of carbonyl (C=O) groups is 1. The van der Waals surface area contributed by atoms with E-state index in [1.807, 2.05) is 101 Å². The Morgan fingerprint density at radius 3 is 2.49 bits per heavy atom. The summed E-state index contributed by atoms with van der Waals surface area (Å²) in [4.78, 5) is 32.7. The summed E-state index contributed by atoms with van der Waals surface area (Å²) in [5.74, 6) is 8.07. The SMILES string of the molecule is C=C1CC(c2nc3ccc(C#Cc4ccc(-c5cnc(C6(SC)CCCN6C(=O)OC(C)(C)C)[nH]5)cc4)cc3[nH]2)N(C(O)OC(C)(C)C)C1. The first kappa shape index (κ1) is 34.8. The van der Waals surface area contributed by atoms with Crippen LogP contribution in [0.1, 0.15) is 89.6 Å². The van der Waals surface area contributed by atoms with Gasteiger partial charge in [0.25, 0.3) is 0 Å². The molecule has 2 fully saturated rings. The first-order valence-corrected chi connectivity index (χ1v) is 17.9. The van der Waals surface area contributed by atoms with Crippen molar-refractivity contribution in [3.63, 3.8) is 0 Å². The van der Waals surface area contributed by atoms with Crippen LogP contribution < -0.4 is 0 Å². The molecule has 10 nitrogen and oxygen atoms in total. The second-order valence-corrected chi connectivity index (χ2v) is 15.8. The fourth-order valence-electron chi connectivity index (χ4n) is 6.41. The third-order valence-corrected chi connectivity index (χ3v) is 9.92. The molecule has 3 unspecified atom stereocenters. The third-order valence-electron chi connectivity index (χ3n) is 8.62. The molecule has 2 aliphatic heterocycles. The number of H-pyrrole nitrogens is 2. The Kier molecular flexibility index (Phi) is 9.46. The van der Waals surface area contributed by atoms with Gasteiger partial charge in [0, 0.05) is 24.2 Å². The first-order valence-electron chi connectivity index (χ1n) is 16.7. The average molecular weight is 683 g/mol. The van der Waals surface area contributed by atoms with Crippen LogP contribution in [0, 0.1) is 11.8 Å². The molecule has 1 amide bonds. The van der Waals surface area contributed by atoms with Gasteiger partial charge in [-0.25, -0.2) is 19.7 Å². The average Bonchev–Trinajstić information content (AvgIpc) is 3.83. The molecular weight excluding hydrogens is 637 g/mol. The highest BCUT2D eigenvalue weighted by Gasteiger charge is 2.48. The van der Waals surface area contributed by atoms with Crippen LogP contribution in [-0.4, -0.2) is 77.9 Å². The number of imidazole rings is 2. The van der Waals surface area contributed by atoms with Gasteiger partial charge in [-0.1, -0.05) is 36.1 Å². The number of nitrogens with one attached hydrogen (secondary N) is 2. The zero-order valence-electron chi connectivity index (χ0n) is 29.4. The fourth-order valence-corrected chi connectivity index (χ4v) is 7.44. The van der Waals surface area contributed by atoms with E-state index in [4.69, 9.17) is 19.4 Å². The van der Waals surface area contributed by atoms with Crippen molar-refractivity contribution in [2.75, 3.05) is 19.3 Å². The molecule has 258 valence electrons. The van der Waals surface area contributed by atoms with Gasteiger partial charge in [-0.15, -0.1) is 11.8 Å². The van der Waals surface area contributed by atoms with Crippen LogP contribution in [0.2, 0.25) is 0 Å². The van der Waals surface area contributed by atoms with E-state index in [9.17, 15) is 9.90 Å². The van der Waals surface area contributed by atoms with Crippen LogP contribution in [0.5, 0.6) is 0 Å². The number of aromatic amines is 2. The number of hydrogen-bond donors (Lipinski definition) is 3. The topological polar surface area (TPSA) is 120 Å². The van der Waals surface area contributed by atoms with E-state index in [-0.39, 0.29) is 12.1 Å². The normalized spacial score (nSPS) is 20.9. The lowest BCUT2D eigenvalue weighted by Crippen LogP contribution is -2.45. The summed E-state index contributed by atoms with van der Waals surface area (Å²) in [6.07, 6.45) is 4.82. The molecule has 49 heavy (non-hydrogen) atoms. The lowest BCUT2D eigenvalue weighted by atomic mass is 10.1. The summed E-state index contributed by atoms with van der Waals surface area (Å²) in [5, 5.41) is 10.8. The molecule has 2 aromatic heterocycles. The van der Waals surface area contributed by atoms with E-state index >= 15 is 0 Å². The van der Waals surface area contributed by atoms with Gasteiger partial charge in [0.2, 0.25) is 6.41 Å². The fraction of sp³-hybridized carbons (Fsp3) is 0.447. The van der Waals surface area contributed by atoms with Crippen LogP contribution >= 0.6 is 11.8 Å². The maximum Gasteiger partial charge on any atom is 0.411 e. The molecule has 2 aliphatic rings. The number of benzene rings is 2. The van der Waals surface area contributed by atoms with Crippen molar-refractivity contribution >= 4 is 28.9 Å². The Hall–Kier alpha value is -4.08. The minimum absolute atomic E-state index is 0.162. The summed E-state index contributed by atoms with van der Waals surface area (Å²) in [6, 6.07) is 13.8. The summed E-state index contributed by atoms with van der Waals surface area (Å²) in [6.45, 7) is 16.7. The lowest BCUT2D eigenvalue weighted by Gasteiger charge is -2.36. The zero-order valence-corrected chi connectivity index (χ0v) is 30.2. The minimum atomic E-state index is -1.06. The molecule has 0 saturated carbocycles. The van der Waals surface area contributed by atoms with Gasteiger partial charge in [-0.2, -0.15) is 0 Å². The van der Waals surface area contributed by atoms with E-state index in [2.05, 4.69) is 28.4 Å². The number of fused-ring (bicyclic) bond motifs is 1. The smallest absolute Gasteiger partial charge is 0.411 e. The van der Waals surface area contributed by atoms with Crippen LogP contribution in [0.3, 0.4) is 0 Å². The van der Waals surface area contributed by atoms with E-state index < -0.39 is 22.5 Å². The Balaban J connectivity index is 1.16. The Labute approximate surface area is 292 Å². The molecule has 0 aliphatic carbocycles. The molecule has 6 rings (SSSR count). The molecule has 0 spiro atoms. The second-order valence-electron chi connectivity index (χ2n) is 14.7. The number of aliphatic hydroxyl groups excluding tert-OH is 1. The van der Waals surface area contributed by atoms with Crippen molar-refractivity contribution < 1.29 is 19.4 Å². The Morgan fingerprint density at radius 1 is 1.08 bits per heavy atom. The van der Waals surface area contributed by atoms with Gasteiger partial charge in [-0.05, 0) is 103 Å². The minimum Gasteiger partial charge on any atom is -0.444 e. The van der Waals surface area contributed by atoms with Gasteiger partial charge in [0.1, 0.15) is 22.1 Å². The number of nitrogens with zero attached hydrogens (tertiary/aromatic N) is 4. The highest BCUT2D eigenvalue weighted by atomic mass is 32.2. The molecule has 4 heterocycles. The van der Waals surface area contributed by atoms with Gasteiger partial charge in [0.15, 0.2) is 0 Å². The Morgan fingerprint density at radius 2 is 1.80 bits per heavy atom. The number of aliphatic hydroxyl groups is 1. The van der Waals surface area contributed by atoms with Crippen molar-refractivity contribution in [2.24, 2.45) is 0 Å². The molecule has 11 heteroatoms. The molecule has 3 N–H and O–H groups in total. The highest BCUT2D eigenvalue weighted by Crippen LogP contribution is 2.46. The molecule has 2 saturated heterocycles. The summed E-state index contributed by atoms with van der Waals surface area (Å²) < 4.78 is 11.6.